The minimum Gasteiger partial charge on any atom is -0.465 e. The Kier molecular flexibility index (Phi) is 5.78. The Morgan fingerprint density at radius 1 is 1.14 bits per heavy atom. The first-order valence-electron chi connectivity index (χ1n) is 7.74. The van der Waals surface area contributed by atoms with Crippen molar-refractivity contribution in [1.29, 1.82) is 0 Å². The molecule has 0 aliphatic carbocycles. The average Bonchev–Trinajstić information content (AvgIpc) is 2.96. The lowest BCUT2D eigenvalue weighted by atomic mass is 10.2. The van der Waals surface area contributed by atoms with Crippen molar-refractivity contribution in [2.24, 2.45) is 0 Å². The van der Waals surface area contributed by atoms with E-state index in [1.54, 1.807) is 18.2 Å². The SMILES string of the molecule is COC(=O)c1sc2cc(NC(=S)Nc3cccc(C(F)(F)F)c3)ccc2c1Cl. The number of anilines is 2. The lowest BCUT2D eigenvalue weighted by molar-refractivity contribution is -0.137. The lowest BCUT2D eigenvalue weighted by Crippen LogP contribution is -2.19. The fourth-order valence-electron chi connectivity index (χ4n) is 2.43. The van der Waals surface area contributed by atoms with E-state index in [1.165, 1.54) is 30.6 Å². The third-order valence-corrected chi connectivity index (χ3v) is 5.55. The summed E-state index contributed by atoms with van der Waals surface area (Å²) in [6.45, 7) is 0. The van der Waals surface area contributed by atoms with Crippen LogP contribution in [0.5, 0.6) is 0 Å². The monoisotopic (exact) mass is 444 g/mol. The zero-order valence-corrected chi connectivity index (χ0v) is 16.6. The molecule has 3 rings (SSSR count). The number of benzene rings is 2. The highest BCUT2D eigenvalue weighted by molar-refractivity contribution is 7.80. The van der Waals surface area contributed by atoms with Gasteiger partial charge in [-0.15, -0.1) is 11.3 Å². The quantitative estimate of drug-likeness (QED) is 0.374. The molecule has 0 radical (unpaired) electrons. The maximum Gasteiger partial charge on any atom is 0.416 e. The highest BCUT2D eigenvalue weighted by atomic mass is 35.5. The second kappa shape index (κ2) is 7.94. The molecular weight excluding hydrogens is 433 g/mol. The van der Waals surface area contributed by atoms with Crippen LogP contribution in [-0.4, -0.2) is 18.2 Å². The fourth-order valence-corrected chi connectivity index (χ4v) is 4.14. The number of carbonyl (C=O) groups is 1. The van der Waals surface area contributed by atoms with Crippen LogP contribution < -0.4 is 10.6 Å². The molecule has 0 aliphatic rings. The summed E-state index contributed by atoms with van der Waals surface area (Å²) in [4.78, 5) is 12.0. The van der Waals surface area contributed by atoms with Crippen LogP contribution in [0.15, 0.2) is 42.5 Å². The van der Waals surface area contributed by atoms with Crippen LogP contribution in [0.4, 0.5) is 24.5 Å². The predicted octanol–water partition coefficient (Wildman–Crippen LogP) is 6.17. The van der Waals surface area contributed by atoms with E-state index in [1.807, 2.05) is 0 Å². The van der Waals surface area contributed by atoms with E-state index in [9.17, 15) is 18.0 Å². The van der Waals surface area contributed by atoms with Gasteiger partial charge >= 0.3 is 12.1 Å². The van der Waals surface area contributed by atoms with Gasteiger partial charge in [-0.05, 0) is 48.6 Å². The highest BCUT2D eigenvalue weighted by Gasteiger charge is 2.30. The third kappa shape index (κ3) is 4.37. The zero-order valence-electron chi connectivity index (χ0n) is 14.2. The van der Waals surface area contributed by atoms with E-state index in [-0.39, 0.29) is 10.8 Å². The molecule has 0 aliphatic heterocycles. The van der Waals surface area contributed by atoms with E-state index in [0.29, 0.717) is 21.0 Å². The number of alkyl halides is 3. The van der Waals surface area contributed by atoms with Crippen molar-refractivity contribution < 1.29 is 22.7 Å². The van der Waals surface area contributed by atoms with Gasteiger partial charge in [0.05, 0.1) is 17.7 Å². The summed E-state index contributed by atoms with van der Waals surface area (Å²) in [7, 11) is 1.27. The Hall–Kier alpha value is -2.36. The first-order valence-corrected chi connectivity index (χ1v) is 9.35. The van der Waals surface area contributed by atoms with E-state index in [0.717, 1.165) is 16.8 Å². The molecule has 1 heterocycles. The molecule has 10 heteroatoms. The van der Waals surface area contributed by atoms with Crippen LogP contribution in [0, 0.1) is 0 Å². The average molecular weight is 445 g/mol. The molecule has 2 N–H and O–H groups in total. The van der Waals surface area contributed by atoms with Crippen LogP contribution in [0.3, 0.4) is 0 Å². The molecule has 3 aromatic rings. The molecular formula is C18H12ClF3N2O2S2. The van der Waals surface area contributed by atoms with Gasteiger partial charge in [0.25, 0.3) is 0 Å². The summed E-state index contributed by atoms with van der Waals surface area (Å²) in [5.41, 5.74) is 0.0251. The van der Waals surface area contributed by atoms with E-state index in [4.69, 9.17) is 28.6 Å². The Labute approximate surface area is 172 Å². The Morgan fingerprint density at radius 2 is 1.82 bits per heavy atom. The number of fused-ring (bicyclic) bond motifs is 1. The van der Waals surface area contributed by atoms with Crippen LogP contribution in [-0.2, 0) is 10.9 Å². The summed E-state index contributed by atoms with van der Waals surface area (Å²) in [5.74, 6) is -0.526. The lowest BCUT2D eigenvalue weighted by Gasteiger charge is -2.13. The largest absolute Gasteiger partial charge is 0.465 e. The standard InChI is InChI=1S/C18H12ClF3N2O2S2/c1-26-16(25)15-14(19)12-6-5-11(8-13(12)28-15)24-17(27)23-10-4-2-3-9(7-10)18(20,21)22/h2-8H,1H3,(H2,23,24,27). The normalized spacial score (nSPS) is 11.3. The first kappa shape index (κ1) is 20.4. The van der Waals surface area contributed by atoms with Gasteiger partial charge in [-0.3, -0.25) is 0 Å². The highest BCUT2D eigenvalue weighted by Crippen LogP contribution is 2.37. The van der Waals surface area contributed by atoms with Crippen LogP contribution in [0.25, 0.3) is 10.1 Å². The first-order chi connectivity index (χ1) is 13.2. The number of carbonyl (C=O) groups excluding carboxylic acids is 1. The molecule has 146 valence electrons. The molecule has 0 fully saturated rings. The van der Waals surface area contributed by atoms with Crippen molar-refractivity contribution in [3.8, 4) is 0 Å². The zero-order chi connectivity index (χ0) is 20.5. The van der Waals surface area contributed by atoms with E-state index < -0.39 is 17.7 Å². The molecule has 2 aromatic carbocycles. The molecule has 0 unspecified atom stereocenters. The van der Waals surface area contributed by atoms with Crippen molar-refractivity contribution in [3.63, 3.8) is 0 Å². The minimum atomic E-state index is -4.44. The number of halogens is 4. The smallest absolute Gasteiger partial charge is 0.416 e. The number of hydrogen-bond acceptors (Lipinski definition) is 4. The molecule has 0 amide bonds. The van der Waals surface area contributed by atoms with Crippen molar-refractivity contribution in [3.05, 3.63) is 57.9 Å². The molecule has 1 aromatic heterocycles. The van der Waals surface area contributed by atoms with Gasteiger partial charge in [-0.2, -0.15) is 13.2 Å². The number of hydrogen-bond donors (Lipinski definition) is 2. The summed E-state index contributed by atoms with van der Waals surface area (Å²) in [5, 5.41) is 6.74. The number of ether oxygens (including phenoxy) is 1. The topological polar surface area (TPSA) is 50.4 Å². The van der Waals surface area contributed by atoms with Crippen molar-refractivity contribution in [1.82, 2.24) is 0 Å². The van der Waals surface area contributed by atoms with Gasteiger partial charge in [0, 0.05) is 21.5 Å². The molecule has 0 atom stereocenters. The summed E-state index contributed by atoms with van der Waals surface area (Å²) < 4.78 is 43.8. The van der Waals surface area contributed by atoms with E-state index >= 15 is 0 Å². The van der Waals surface area contributed by atoms with Gasteiger partial charge in [0.1, 0.15) is 4.88 Å². The molecule has 4 nitrogen and oxygen atoms in total. The van der Waals surface area contributed by atoms with Crippen molar-refractivity contribution >= 4 is 67.7 Å². The summed E-state index contributed by atoms with van der Waals surface area (Å²) >= 11 is 12.5. The molecule has 0 saturated heterocycles. The number of esters is 1. The Morgan fingerprint density at radius 3 is 2.46 bits per heavy atom. The number of nitrogens with one attached hydrogen (secondary N) is 2. The predicted molar refractivity (Wildman–Crippen MR) is 109 cm³/mol. The van der Waals surface area contributed by atoms with Gasteiger partial charge in [-0.1, -0.05) is 17.7 Å². The van der Waals surface area contributed by atoms with Gasteiger partial charge in [0.15, 0.2) is 5.11 Å². The van der Waals surface area contributed by atoms with Crippen molar-refractivity contribution in [2.75, 3.05) is 17.7 Å². The Bertz CT molecular complexity index is 1070. The fraction of sp³-hybridized carbons (Fsp3) is 0.111. The van der Waals surface area contributed by atoms with Gasteiger partial charge in [0.2, 0.25) is 0 Å². The van der Waals surface area contributed by atoms with Crippen LogP contribution in [0.2, 0.25) is 5.02 Å². The molecule has 0 bridgehead atoms. The molecule has 28 heavy (non-hydrogen) atoms. The number of methoxy groups -OCH3 is 1. The van der Waals surface area contributed by atoms with Crippen LogP contribution in [0.1, 0.15) is 15.2 Å². The van der Waals surface area contributed by atoms with Crippen LogP contribution >= 0.6 is 35.2 Å². The minimum absolute atomic E-state index is 0.120. The number of thiocarbonyl (C=S) groups is 1. The maximum atomic E-state index is 12.8. The third-order valence-electron chi connectivity index (χ3n) is 3.71. The summed E-state index contributed by atoms with van der Waals surface area (Å²) in [6.07, 6.45) is -4.44. The molecule has 0 saturated carbocycles. The number of thiophene rings is 1. The van der Waals surface area contributed by atoms with Crippen molar-refractivity contribution in [2.45, 2.75) is 6.18 Å². The second-order valence-corrected chi connectivity index (χ2v) is 7.44. The number of rotatable bonds is 3. The van der Waals surface area contributed by atoms with Gasteiger partial charge in [-0.25, -0.2) is 4.79 Å². The van der Waals surface area contributed by atoms with Gasteiger partial charge < -0.3 is 15.4 Å². The summed E-state index contributed by atoms with van der Waals surface area (Å²) in [6, 6.07) is 9.88. The van der Waals surface area contributed by atoms with E-state index in [2.05, 4.69) is 10.6 Å². The molecule has 0 spiro atoms. The maximum absolute atomic E-state index is 12.8. The second-order valence-electron chi connectivity index (χ2n) is 5.61. The Balaban J connectivity index is 1.77.